The maximum absolute atomic E-state index is 13.4. The van der Waals surface area contributed by atoms with Crippen LogP contribution in [-0.4, -0.2) is 28.1 Å². The van der Waals surface area contributed by atoms with Crippen molar-refractivity contribution >= 4 is 26.0 Å². The average molecular weight is 379 g/mol. The van der Waals surface area contributed by atoms with Crippen LogP contribution >= 0.6 is 15.9 Å². The van der Waals surface area contributed by atoms with Gasteiger partial charge in [-0.3, -0.25) is 0 Å². The predicted octanol–water partition coefficient (Wildman–Crippen LogP) is 2.56. The minimum Gasteiger partial charge on any atom is -0.317 e. The standard InChI is InChI=1S/C14H20BrFN2O2S/c1-10-7-12(16)11(15)8-13(10)21(19,20)18-9-14(2)3-5-17-6-4-14/h7-8,17-18H,3-6,9H2,1-2H3. The van der Waals surface area contributed by atoms with E-state index in [0.29, 0.717) is 12.1 Å². The first kappa shape index (κ1) is 16.9. The normalized spacial score (nSPS) is 18.7. The van der Waals surface area contributed by atoms with Gasteiger partial charge in [-0.1, -0.05) is 6.92 Å². The van der Waals surface area contributed by atoms with Gasteiger partial charge in [-0.05, 0) is 71.9 Å². The molecular weight excluding hydrogens is 359 g/mol. The van der Waals surface area contributed by atoms with E-state index in [1.54, 1.807) is 6.92 Å². The van der Waals surface area contributed by atoms with Crippen molar-refractivity contribution in [1.82, 2.24) is 10.0 Å². The maximum atomic E-state index is 13.4. The van der Waals surface area contributed by atoms with Crippen molar-refractivity contribution in [3.8, 4) is 0 Å². The van der Waals surface area contributed by atoms with Gasteiger partial charge in [0.05, 0.1) is 9.37 Å². The van der Waals surface area contributed by atoms with Gasteiger partial charge in [0, 0.05) is 6.54 Å². The molecular formula is C14H20BrFN2O2S. The molecule has 0 unspecified atom stereocenters. The molecule has 1 saturated heterocycles. The van der Waals surface area contributed by atoms with Crippen molar-refractivity contribution in [1.29, 1.82) is 0 Å². The molecule has 0 radical (unpaired) electrons. The van der Waals surface area contributed by atoms with Crippen molar-refractivity contribution in [2.24, 2.45) is 5.41 Å². The number of halogens is 2. The van der Waals surface area contributed by atoms with E-state index in [2.05, 4.69) is 32.9 Å². The van der Waals surface area contributed by atoms with Crippen molar-refractivity contribution in [2.75, 3.05) is 19.6 Å². The zero-order chi connectivity index (χ0) is 15.7. The molecule has 4 nitrogen and oxygen atoms in total. The summed E-state index contributed by atoms with van der Waals surface area (Å²) in [5, 5.41) is 3.27. The molecule has 2 N–H and O–H groups in total. The second-order valence-corrected chi connectivity index (χ2v) is 8.51. The minimum absolute atomic E-state index is 0.0382. The second-order valence-electron chi connectivity index (χ2n) is 5.92. The minimum atomic E-state index is -3.63. The van der Waals surface area contributed by atoms with Gasteiger partial charge in [-0.25, -0.2) is 17.5 Å². The first-order valence-corrected chi connectivity index (χ1v) is 9.17. The number of piperidine rings is 1. The third-order valence-corrected chi connectivity index (χ3v) is 6.16. The van der Waals surface area contributed by atoms with Crippen molar-refractivity contribution in [3.63, 3.8) is 0 Å². The fourth-order valence-electron chi connectivity index (χ4n) is 2.47. The Morgan fingerprint density at radius 1 is 1.38 bits per heavy atom. The van der Waals surface area contributed by atoms with E-state index in [1.165, 1.54) is 12.1 Å². The molecule has 7 heteroatoms. The number of aryl methyl sites for hydroxylation is 1. The monoisotopic (exact) mass is 378 g/mol. The second kappa shape index (κ2) is 6.32. The zero-order valence-corrected chi connectivity index (χ0v) is 14.6. The Kier molecular flexibility index (Phi) is 5.07. The molecule has 0 saturated carbocycles. The Hall–Kier alpha value is -0.500. The van der Waals surface area contributed by atoms with Crippen LogP contribution in [0.25, 0.3) is 0 Å². The molecule has 0 atom stereocenters. The molecule has 21 heavy (non-hydrogen) atoms. The lowest BCUT2D eigenvalue weighted by atomic mass is 9.81. The van der Waals surface area contributed by atoms with Gasteiger partial charge in [0.25, 0.3) is 0 Å². The highest BCUT2D eigenvalue weighted by atomic mass is 79.9. The van der Waals surface area contributed by atoms with Crippen LogP contribution in [0.5, 0.6) is 0 Å². The van der Waals surface area contributed by atoms with Gasteiger partial charge >= 0.3 is 0 Å². The van der Waals surface area contributed by atoms with Gasteiger partial charge in [0.15, 0.2) is 0 Å². The Balaban J connectivity index is 2.17. The van der Waals surface area contributed by atoms with E-state index in [0.717, 1.165) is 25.9 Å². The summed E-state index contributed by atoms with van der Waals surface area (Å²) in [4.78, 5) is 0.119. The molecule has 2 rings (SSSR count). The van der Waals surface area contributed by atoms with Crippen molar-refractivity contribution in [3.05, 3.63) is 28.0 Å². The fraction of sp³-hybridized carbons (Fsp3) is 0.571. The summed E-state index contributed by atoms with van der Waals surface area (Å²) in [7, 11) is -3.63. The van der Waals surface area contributed by atoms with E-state index in [-0.39, 0.29) is 14.8 Å². The molecule has 118 valence electrons. The van der Waals surface area contributed by atoms with Crippen LogP contribution in [0.1, 0.15) is 25.3 Å². The molecule has 1 fully saturated rings. The molecule has 0 aromatic heterocycles. The summed E-state index contributed by atoms with van der Waals surface area (Å²) in [6.45, 7) is 5.88. The number of rotatable bonds is 4. The van der Waals surface area contributed by atoms with Crippen molar-refractivity contribution in [2.45, 2.75) is 31.6 Å². The SMILES string of the molecule is Cc1cc(F)c(Br)cc1S(=O)(=O)NCC1(C)CCNCC1. The number of hydrogen-bond acceptors (Lipinski definition) is 3. The smallest absolute Gasteiger partial charge is 0.240 e. The molecule has 0 amide bonds. The molecule has 1 heterocycles. The molecule has 0 aliphatic carbocycles. The van der Waals surface area contributed by atoms with Gasteiger partial charge < -0.3 is 5.32 Å². The van der Waals surface area contributed by atoms with Crippen LogP contribution in [0.4, 0.5) is 4.39 Å². The summed E-state index contributed by atoms with van der Waals surface area (Å²) in [5.41, 5.74) is 0.363. The van der Waals surface area contributed by atoms with E-state index < -0.39 is 15.8 Å². The zero-order valence-electron chi connectivity index (χ0n) is 12.2. The largest absolute Gasteiger partial charge is 0.317 e. The van der Waals surface area contributed by atoms with Crippen LogP contribution in [0, 0.1) is 18.2 Å². The molecule has 0 spiro atoms. The van der Waals surface area contributed by atoms with Gasteiger partial charge in [-0.15, -0.1) is 0 Å². The van der Waals surface area contributed by atoms with Crippen LogP contribution in [0.15, 0.2) is 21.5 Å². The predicted molar refractivity (Wildman–Crippen MR) is 84.2 cm³/mol. The van der Waals surface area contributed by atoms with Gasteiger partial charge in [0.1, 0.15) is 5.82 Å². The first-order chi connectivity index (χ1) is 9.73. The van der Waals surface area contributed by atoms with Gasteiger partial charge in [0.2, 0.25) is 10.0 Å². The Morgan fingerprint density at radius 3 is 2.62 bits per heavy atom. The molecule has 1 aliphatic rings. The number of sulfonamides is 1. The summed E-state index contributed by atoms with van der Waals surface area (Å²) < 4.78 is 41.1. The van der Waals surface area contributed by atoms with E-state index >= 15 is 0 Å². The van der Waals surface area contributed by atoms with E-state index in [9.17, 15) is 12.8 Å². The first-order valence-electron chi connectivity index (χ1n) is 6.90. The molecule has 1 aliphatic heterocycles. The van der Waals surface area contributed by atoms with Crippen molar-refractivity contribution < 1.29 is 12.8 Å². The van der Waals surface area contributed by atoms with E-state index in [4.69, 9.17) is 0 Å². The number of hydrogen-bond donors (Lipinski definition) is 2. The fourth-order valence-corrected chi connectivity index (χ4v) is 4.42. The lowest BCUT2D eigenvalue weighted by Gasteiger charge is -2.34. The van der Waals surface area contributed by atoms with Crippen LogP contribution < -0.4 is 10.0 Å². The quantitative estimate of drug-likeness (QED) is 0.846. The summed E-state index contributed by atoms with van der Waals surface area (Å²) in [5.74, 6) is -0.461. The third-order valence-electron chi connectivity index (χ3n) is 4.01. The topological polar surface area (TPSA) is 58.2 Å². The number of nitrogens with one attached hydrogen (secondary N) is 2. The molecule has 0 bridgehead atoms. The summed E-state index contributed by atoms with van der Waals surface area (Å²) in [6.07, 6.45) is 1.86. The van der Waals surface area contributed by atoms with Crippen LogP contribution in [0.2, 0.25) is 0 Å². The maximum Gasteiger partial charge on any atom is 0.240 e. The van der Waals surface area contributed by atoms with Gasteiger partial charge in [-0.2, -0.15) is 0 Å². The molecule has 1 aromatic rings. The van der Waals surface area contributed by atoms with Crippen LogP contribution in [-0.2, 0) is 10.0 Å². The Labute approximate surface area is 133 Å². The summed E-state index contributed by atoms with van der Waals surface area (Å²) in [6, 6.07) is 2.54. The lowest BCUT2D eigenvalue weighted by molar-refractivity contribution is 0.232. The highest BCUT2D eigenvalue weighted by Gasteiger charge is 2.29. The highest BCUT2D eigenvalue weighted by molar-refractivity contribution is 9.10. The summed E-state index contributed by atoms with van der Waals surface area (Å²) >= 11 is 3.04. The number of benzene rings is 1. The Bertz CT molecular complexity index is 628. The van der Waals surface area contributed by atoms with Crippen LogP contribution in [0.3, 0.4) is 0 Å². The molecule has 1 aromatic carbocycles. The highest BCUT2D eigenvalue weighted by Crippen LogP contribution is 2.28. The lowest BCUT2D eigenvalue weighted by Crippen LogP contribution is -2.42. The Morgan fingerprint density at radius 2 is 2.00 bits per heavy atom. The van der Waals surface area contributed by atoms with E-state index in [1.807, 2.05) is 0 Å². The average Bonchev–Trinajstić information content (AvgIpc) is 2.42. The third kappa shape index (κ3) is 4.03.